The predicted molar refractivity (Wildman–Crippen MR) is 67.9 cm³/mol. The first kappa shape index (κ1) is 12.0. The minimum atomic E-state index is -0.0557. The van der Waals surface area contributed by atoms with E-state index in [2.05, 4.69) is 36.2 Å². The molecule has 1 unspecified atom stereocenters. The summed E-state index contributed by atoms with van der Waals surface area (Å²) in [4.78, 5) is 4.61. The van der Waals surface area contributed by atoms with Gasteiger partial charge in [-0.3, -0.25) is 4.98 Å². The first-order valence-corrected chi connectivity index (χ1v) is 5.68. The van der Waals surface area contributed by atoms with Crippen LogP contribution in [0.4, 0.5) is 0 Å². The highest BCUT2D eigenvalue weighted by Gasteiger charge is 2.07. The number of methoxy groups -OCH3 is 1. The summed E-state index contributed by atoms with van der Waals surface area (Å²) >= 11 is 0. The summed E-state index contributed by atoms with van der Waals surface area (Å²) in [5, 5.41) is 1.15. The Bertz CT molecular complexity index is 511. The van der Waals surface area contributed by atoms with Crippen LogP contribution in [0.1, 0.15) is 24.3 Å². The van der Waals surface area contributed by atoms with Crippen LogP contribution in [0.25, 0.3) is 10.9 Å². The average Bonchev–Trinajstić information content (AvgIpc) is 2.35. The van der Waals surface area contributed by atoms with Crippen molar-refractivity contribution in [3.05, 3.63) is 41.6 Å². The Hall–Kier alpha value is -1.45. The van der Waals surface area contributed by atoms with Crippen LogP contribution in [0.15, 0.2) is 30.3 Å². The third-order valence-electron chi connectivity index (χ3n) is 2.72. The molecular weight excluding hydrogens is 214 g/mol. The molecule has 0 bridgehead atoms. The summed E-state index contributed by atoms with van der Waals surface area (Å²) in [5.74, 6) is 0. The molecule has 2 rings (SSSR count). The van der Waals surface area contributed by atoms with Crippen LogP contribution < -0.4 is 0 Å². The fraction of sp³-hybridized carbons (Fsp3) is 0.357. The number of aromatic nitrogens is 1. The van der Waals surface area contributed by atoms with Crippen LogP contribution in [-0.2, 0) is 9.47 Å². The lowest BCUT2D eigenvalue weighted by Gasteiger charge is -2.12. The molecule has 0 N–H and O–H groups in total. The van der Waals surface area contributed by atoms with E-state index in [1.165, 1.54) is 5.56 Å². The molecule has 0 spiro atoms. The van der Waals surface area contributed by atoms with Crippen molar-refractivity contribution < 1.29 is 9.47 Å². The van der Waals surface area contributed by atoms with Gasteiger partial charge in [0.1, 0.15) is 6.79 Å². The van der Waals surface area contributed by atoms with Gasteiger partial charge in [0.2, 0.25) is 0 Å². The third kappa shape index (κ3) is 2.81. The lowest BCUT2D eigenvalue weighted by atomic mass is 10.1. The number of pyridine rings is 1. The molecule has 1 atom stereocenters. The monoisotopic (exact) mass is 231 g/mol. The summed E-state index contributed by atoms with van der Waals surface area (Å²) in [7, 11) is 1.61. The largest absolute Gasteiger partial charge is 0.359 e. The Labute approximate surface area is 101 Å². The van der Waals surface area contributed by atoms with Crippen LogP contribution in [0.5, 0.6) is 0 Å². The van der Waals surface area contributed by atoms with Crippen molar-refractivity contribution in [3.8, 4) is 0 Å². The van der Waals surface area contributed by atoms with Crippen molar-refractivity contribution in [2.24, 2.45) is 0 Å². The molecule has 0 fully saturated rings. The highest BCUT2D eigenvalue weighted by molar-refractivity contribution is 5.79. The van der Waals surface area contributed by atoms with E-state index in [0.717, 1.165) is 16.6 Å². The first-order chi connectivity index (χ1) is 8.20. The summed E-state index contributed by atoms with van der Waals surface area (Å²) < 4.78 is 10.4. The lowest BCUT2D eigenvalue weighted by molar-refractivity contribution is -0.0678. The lowest BCUT2D eigenvalue weighted by Crippen LogP contribution is -2.04. The highest BCUT2D eigenvalue weighted by atomic mass is 16.7. The van der Waals surface area contributed by atoms with Gasteiger partial charge in [0, 0.05) is 12.5 Å². The smallest absolute Gasteiger partial charge is 0.147 e. The van der Waals surface area contributed by atoms with E-state index in [-0.39, 0.29) is 12.9 Å². The molecule has 1 heterocycles. The maximum absolute atomic E-state index is 5.47. The fourth-order valence-electron chi connectivity index (χ4n) is 1.72. The van der Waals surface area contributed by atoms with Gasteiger partial charge in [-0.05, 0) is 31.5 Å². The molecule has 0 aliphatic heterocycles. The molecule has 1 aromatic heterocycles. The molecule has 0 saturated carbocycles. The zero-order valence-corrected chi connectivity index (χ0v) is 10.4. The molecule has 0 radical (unpaired) electrons. The zero-order valence-electron chi connectivity index (χ0n) is 10.4. The standard InChI is InChI=1S/C14H17NO2/c1-10-4-5-12-6-7-13(15-14(12)8-10)11(2)17-9-16-3/h4-8,11H,9H2,1-3H3. The average molecular weight is 231 g/mol. The van der Waals surface area contributed by atoms with E-state index < -0.39 is 0 Å². The summed E-state index contributed by atoms with van der Waals surface area (Å²) in [6.07, 6.45) is -0.0557. The van der Waals surface area contributed by atoms with Crippen LogP contribution in [0.3, 0.4) is 0 Å². The van der Waals surface area contributed by atoms with Gasteiger partial charge in [0.25, 0.3) is 0 Å². The minimum Gasteiger partial charge on any atom is -0.359 e. The topological polar surface area (TPSA) is 31.4 Å². The van der Waals surface area contributed by atoms with Gasteiger partial charge < -0.3 is 9.47 Å². The van der Waals surface area contributed by atoms with Crippen LogP contribution in [0.2, 0.25) is 0 Å². The zero-order chi connectivity index (χ0) is 12.3. The van der Waals surface area contributed by atoms with Crippen LogP contribution in [0, 0.1) is 6.92 Å². The highest BCUT2D eigenvalue weighted by Crippen LogP contribution is 2.19. The Balaban J connectivity index is 2.30. The number of aryl methyl sites for hydroxylation is 1. The van der Waals surface area contributed by atoms with Crippen molar-refractivity contribution in [1.82, 2.24) is 4.98 Å². The molecule has 0 aliphatic carbocycles. The maximum Gasteiger partial charge on any atom is 0.147 e. The molecule has 0 amide bonds. The van der Waals surface area contributed by atoms with Gasteiger partial charge in [0.15, 0.2) is 0 Å². The van der Waals surface area contributed by atoms with Crippen molar-refractivity contribution >= 4 is 10.9 Å². The predicted octanol–water partition coefficient (Wildman–Crippen LogP) is 3.22. The van der Waals surface area contributed by atoms with E-state index in [1.54, 1.807) is 7.11 Å². The van der Waals surface area contributed by atoms with Crippen molar-refractivity contribution in [3.63, 3.8) is 0 Å². The first-order valence-electron chi connectivity index (χ1n) is 5.68. The third-order valence-corrected chi connectivity index (χ3v) is 2.72. The Morgan fingerprint density at radius 2 is 2.00 bits per heavy atom. The minimum absolute atomic E-state index is 0.0557. The quantitative estimate of drug-likeness (QED) is 0.757. The Morgan fingerprint density at radius 3 is 2.76 bits per heavy atom. The summed E-state index contributed by atoms with van der Waals surface area (Å²) in [5.41, 5.74) is 3.16. The van der Waals surface area contributed by atoms with Crippen molar-refractivity contribution in [1.29, 1.82) is 0 Å². The molecular formula is C14H17NO2. The van der Waals surface area contributed by atoms with Gasteiger partial charge in [-0.2, -0.15) is 0 Å². The Morgan fingerprint density at radius 1 is 1.24 bits per heavy atom. The number of ether oxygens (including phenoxy) is 2. The second kappa shape index (κ2) is 5.25. The fourth-order valence-corrected chi connectivity index (χ4v) is 1.72. The number of fused-ring (bicyclic) bond motifs is 1. The second-order valence-corrected chi connectivity index (χ2v) is 4.15. The van der Waals surface area contributed by atoms with Crippen molar-refractivity contribution in [2.45, 2.75) is 20.0 Å². The van der Waals surface area contributed by atoms with Gasteiger partial charge >= 0.3 is 0 Å². The van der Waals surface area contributed by atoms with E-state index in [4.69, 9.17) is 9.47 Å². The van der Waals surface area contributed by atoms with Gasteiger partial charge in [-0.1, -0.05) is 18.2 Å². The molecule has 0 saturated heterocycles. The van der Waals surface area contributed by atoms with E-state index in [0.29, 0.717) is 0 Å². The number of rotatable bonds is 4. The van der Waals surface area contributed by atoms with E-state index in [1.807, 2.05) is 13.0 Å². The molecule has 2 aromatic rings. The van der Waals surface area contributed by atoms with E-state index >= 15 is 0 Å². The number of benzene rings is 1. The summed E-state index contributed by atoms with van der Waals surface area (Å²) in [6, 6.07) is 10.3. The molecule has 1 aromatic carbocycles. The molecule has 17 heavy (non-hydrogen) atoms. The van der Waals surface area contributed by atoms with Gasteiger partial charge in [-0.15, -0.1) is 0 Å². The van der Waals surface area contributed by atoms with Crippen LogP contribution >= 0.6 is 0 Å². The molecule has 3 nitrogen and oxygen atoms in total. The second-order valence-electron chi connectivity index (χ2n) is 4.15. The molecule has 0 aliphatic rings. The maximum atomic E-state index is 5.47. The van der Waals surface area contributed by atoms with Crippen molar-refractivity contribution in [2.75, 3.05) is 13.9 Å². The van der Waals surface area contributed by atoms with Gasteiger partial charge in [-0.25, -0.2) is 0 Å². The number of nitrogens with zero attached hydrogens (tertiary/aromatic N) is 1. The Kier molecular flexibility index (Phi) is 3.71. The molecule has 3 heteroatoms. The normalized spacial score (nSPS) is 12.9. The number of hydrogen-bond donors (Lipinski definition) is 0. The van der Waals surface area contributed by atoms with E-state index in [9.17, 15) is 0 Å². The summed E-state index contributed by atoms with van der Waals surface area (Å²) in [6.45, 7) is 4.33. The number of hydrogen-bond acceptors (Lipinski definition) is 3. The molecule has 90 valence electrons. The SMILES string of the molecule is COCOC(C)c1ccc2ccc(C)cc2n1. The van der Waals surface area contributed by atoms with Gasteiger partial charge in [0.05, 0.1) is 17.3 Å². The van der Waals surface area contributed by atoms with Crippen LogP contribution in [-0.4, -0.2) is 18.9 Å².